The van der Waals surface area contributed by atoms with Gasteiger partial charge in [-0.1, -0.05) is 23.7 Å². The second kappa shape index (κ2) is 6.23. The molecule has 0 radical (unpaired) electrons. The van der Waals surface area contributed by atoms with Crippen LogP contribution in [0.1, 0.15) is 15.9 Å². The molecule has 108 valence electrons. The molecule has 0 aromatic heterocycles. The molecule has 0 fully saturated rings. The second-order valence-electron chi connectivity index (χ2n) is 4.34. The molecule has 0 saturated heterocycles. The van der Waals surface area contributed by atoms with Crippen LogP contribution in [-0.4, -0.2) is 10.8 Å². The zero-order valence-electron chi connectivity index (χ0n) is 10.9. The molecule has 0 aliphatic carbocycles. The maximum atomic E-state index is 11.9. The van der Waals surface area contributed by atoms with E-state index in [1.165, 1.54) is 18.2 Å². The number of rotatable bonds is 4. The summed E-state index contributed by atoms with van der Waals surface area (Å²) in [5, 5.41) is 13.6. The quantitative estimate of drug-likeness (QED) is 0.515. The number of amides is 1. The van der Waals surface area contributed by atoms with Crippen molar-refractivity contribution in [1.82, 2.24) is 5.32 Å². The summed E-state index contributed by atoms with van der Waals surface area (Å²) in [6.07, 6.45) is 0. The molecule has 21 heavy (non-hydrogen) atoms. The summed E-state index contributed by atoms with van der Waals surface area (Å²) in [6.45, 7) is 0.263. The highest BCUT2D eigenvalue weighted by Crippen LogP contribution is 2.19. The summed E-state index contributed by atoms with van der Waals surface area (Å²) in [7, 11) is 0. The second-order valence-corrected chi connectivity index (χ2v) is 4.75. The van der Waals surface area contributed by atoms with E-state index < -0.39 is 4.92 Å². The third kappa shape index (κ3) is 3.70. The number of nitrogen functional groups attached to an aromatic ring is 1. The number of nitrogens with two attached hydrogens (primary N) is 1. The fourth-order valence-corrected chi connectivity index (χ4v) is 1.82. The Morgan fingerprint density at radius 3 is 2.48 bits per heavy atom. The number of halogens is 1. The van der Waals surface area contributed by atoms with Crippen LogP contribution in [-0.2, 0) is 6.54 Å². The number of hydrogen-bond donors (Lipinski definition) is 2. The van der Waals surface area contributed by atoms with Crippen LogP contribution in [0.4, 0.5) is 11.4 Å². The Morgan fingerprint density at radius 2 is 1.90 bits per heavy atom. The topological polar surface area (TPSA) is 98.3 Å². The lowest BCUT2D eigenvalue weighted by Gasteiger charge is -2.06. The summed E-state index contributed by atoms with van der Waals surface area (Å²) < 4.78 is 0. The van der Waals surface area contributed by atoms with Gasteiger partial charge >= 0.3 is 0 Å². The van der Waals surface area contributed by atoms with Gasteiger partial charge in [-0.15, -0.1) is 0 Å². The van der Waals surface area contributed by atoms with Gasteiger partial charge in [-0.05, 0) is 23.8 Å². The molecule has 0 aliphatic rings. The molecule has 2 aromatic carbocycles. The van der Waals surface area contributed by atoms with Crippen molar-refractivity contribution in [2.24, 2.45) is 0 Å². The van der Waals surface area contributed by atoms with Crippen molar-refractivity contribution < 1.29 is 9.72 Å². The van der Waals surface area contributed by atoms with Gasteiger partial charge in [-0.2, -0.15) is 0 Å². The van der Waals surface area contributed by atoms with Crippen LogP contribution in [0.5, 0.6) is 0 Å². The number of non-ortho nitro benzene ring substituents is 1. The number of nitro groups is 1. The molecule has 0 heterocycles. The lowest BCUT2D eigenvalue weighted by molar-refractivity contribution is -0.384. The Labute approximate surface area is 125 Å². The van der Waals surface area contributed by atoms with Gasteiger partial charge in [-0.3, -0.25) is 14.9 Å². The van der Waals surface area contributed by atoms with Gasteiger partial charge in [0.15, 0.2) is 0 Å². The van der Waals surface area contributed by atoms with Gasteiger partial charge in [0.1, 0.15) is 0 Å². The third-order valence-corrected chi connectivity index (χ3v) is 3.20. The maximum Gasteiger partial charge on any atom is 0.269 e. The van der Waals surface area contributed by atoms with E-state index in [1.807, 2.05) is 0 Å². The SMILES string of the molecule is Nc1cc(C(=O)NCc2ccc([N+](=O)[O-])cc2)ccc1Cl. The molecular weight excluding hydrogens is 294 g/mol. The number of hydrogen-bond acceptors (Lipinski definition) is 4. The minimum Gasteiger partial charge on any atom is -0.398 e. The number of nitro benzene ring substituents is 1. The van der Waals surface area contributed by atoms with Gasteiger partial charge in [-0.25, -0.2) is 0 Å². The molecule has 0 unspecified atom stereocenters. The first-order chi connectivity index (χ1) is 9.97. The maximum absolute atomic E-state index is 11.9. The molecule has 2 aromatic rings. The molecule has 0 bridgehead atoms. The molecule has 7 heteroatoms. The Balaban J connectivity index is 2.00. The molecule has 1 amide bonds. The predicted molar refractivity (Wildman–Crippen MR) is 80.1 cm³/mol. The molecule has 3 N–H and O–H groups in total. The molecule has 0 aliphatic heterocycles. The van der Waals surface area contributed by atoms with Crippen LogP contribution in [0.25, 0.3) is 0 Å². The lowest BCUT2D eigenvalue weighted by atomic mass is 10.1. The molecule has 6 nitrogen and oxygen atoms in total. The minimum absolute atomic E-state index is 0.00977. The number of benzene rings is 2. The van der Waals surface area contributed by atoms with E-state index in [1.54, 1.807) is 24.3 Å². The monoisotopic (exact) mass is 305 g/mol. The van der Waals surface area contributed by atoms with Crippen LogP contribution >= 0.6 is 11.6 Å². The highest BCUT2D eigenvalue weighted by atomic mass is 35.5. The molecule has 0 saturated carbocycles. The highest BCUT2D eigenvalue weighted by Gasteiger charge is 2.08. The fraction of sp³-hybridized carbons (Fsp3) is 0.0714. The normalized spacial score (nSPS) is 10.1. The summed E-state index contributed by atoms with van der Waals surface area (Å²) in [6, 6.07) is 10.6. The van der Waals surface area contributed by atoms with Crippen molar-refractivity contribution in [2.45, 2.75) is 6.54 Å². The summed E-state index contributed by atoms with van der Waals surface area (Å²) in [4.78, 5) is 22.0. The Hall–Kier alpha value is -2.60. The third-order valence-electron chi connectivity index (χ3n) is 2.86. The van der Waals surface area contributed by atoms with E-state index in [-0.39, 0.29) is 18.1 Å². The Morgan fingerprint density at radius 1 is 1.24 bits per heavy atom. The average Bonchev–Trinajstić information content (AvgIpc) is 2.48. The van der Waals surface area contributed by atoms with E-state index in [9.17, 15) is 14.9 Å². The van der Waals surface area contributed by atoms with Crippen LogP contribution < -0.4 is 11.1 Å². The van der Waals surface area contributed by atoms with Crippen molar-refractivity contribution in [1.29, 1.82) is 0 Å². The smallest absolute Gasteiger partial charge is 0.269 e. The zero-order chi connectivity index (χ0) is 15.4. The standard InChI is InChI=1S/C14H12ClN3O3/c15-12-6-3-10(7-13(12)16)14(19)17-8-9-1-4-11(5-2-9)18(20)21/h1-7H,8,16H2,(H,17,19). The van der Waals surface area contributed by atoms with Crippen molar-refractivity contribution in [3.05, 3.63) is 68.7 Å². The van der Waals surface area contributed by atoms with E-state index >= 15 is 0 Å². The van der Waals surface area contributed by atoms with Crippen LogP contribution in [0.15, 0.2) is 42.5 Å². The van der Waals surface area contributed by atoms with Crippen LogP contribution in [0, 0.1) is 10.1 Å². The number of nitrogens with zero attached hydrogens (tertiary/aromatic N) is 1. The average molecular weight is 306 g/mol. The van der Waals surface area contributed by atoms with E-state index in [0.29, 0.717) is 16.3 Å². The van der Waals surface area contributed by atoms with Gasteiger partial charge in [0, 0.05) is 24.2 Å². The van der Waals surface area contributed by atoms with Crippen molar-refractivity contribution >= 4 is 28.9 Å². The van der Waals surface area contributed by atoms with Crippen molar-refractivity contribution in [3.63, 3.8) is 0 Å². The van der Waals surface area contributed by atoms with E-state index in [4.69, 9.17) is 17.3 Å². The Bertz CT molecular complexity index is 686. The number of carbonyl (C=O) groups excluding carboxylic acids is 1. The van der Waals surface area contributed by atoms with Gasteiger partial charge in [0.2, 0.25) is 0 Å². The van der Waals surface area contributed by atoms with E-state index in [0.717, 1.165) is 5.56 Å². The lowest BCUT2D eigenvalue weighted by Crippen LogP contribution is -2.22. The van der Waals surface area contributed by atoms with Gasteiger partial charge in [0.25, 0.3) is 11.6 Å². The molecule has 2 rings (SSSR count). The Kier molecular flexibility index (Phi) is 4.39. The highest BCUT2D eigenvalue weighted by molar-refractivity contribution is 6.33. The summed E-state index contributed by atoms with van der Waals surface area (Å²) >= 11 is 5.79. The van der Waals surface area contributed by atoms with E-state index in [2.05, 4.69) is 5.32 Å². The largest absolute Gasteiger partial charge is 0.398 e. The molecule has 0 atom stereocenters. The first-order valence-corrected chi connectivity index (χ1v) is 6.42. The fourth-order valence-electron chi connectivity index (χ4n) is 1.70. The van der Waals surface area contributed by atoms with Crippen molar-refractivity contribution in [2.75, 3.05) is 5.73 Å². The first-order valence-electron chi connectivity index (χ1n) is 6.04. The van der Waals surface area contributed by atoms with Crippen LogP contribution in [0.3, 0.4) is 0 Å². The summed E-state index contributed by atoms with van der Waals surface area (Å²) in [5.41, 5.74) is 7.14. The van der Waals surface area contributed by atoms with Gasteiger partial charge < -0.3 is 11.1 Å². The van der Waals surface area contributed by atoms with Crippen molar-refractivity contribution in [3.8, 4) is 0 Å². The first kappa shape index (κ1) is 14.8. The predicted octanol–water partition coefficient (Wildman–Crippen LogP) is 2.76. The zero-order valence-corrected chi connectivity index (χ0v) is 11.6. The summed E-state index contributed by atoms with van der Waals surface area (Å²) in [5.74, 6) is -0.295. The number of carbonyl (C=O) groups is 1. The van der Waals surface area contributed by atoms with Crippen LogP contribution in [0.2, 0.25) is 5.02 Å². The number of nitrogens with one attached hydrogen (secondary N) is 1. The number of anilines is 1. The molecular formula is C14H12ClN3O3. The molecule has 0 spiro atoms. The minimum atomic E-state index is -0.473. The van der Waals surface area contributed by atoms with Gasteiger partial charge in [0.05, 0.1) is 15.6 Å².